The number of anilines is 1. The van der Waals surface area contributed by atoms with Crippen molar-refractivity contribution in [2.45, 2.75) is 31.3 Å². The monoisotopic (exact) mass is 385 g/mol. The number of ether oxygens (including phenoxy) is 1. The van der Waals surface area contributed by atoms with Crippen LogP contribution in [0.1, 0.15) is 11.8 Å². The number of aliphatic hydroxyl groups excluding tert-OH is 1. The van der Waals surface area contributed by atoms with E-state index in [0.29, 0.717) is 4.57 Å². The molecule has 1 fully saturated rings. The number of nitrogens with zero attached hydrogens (tertiary/aromatic N) is 2. The van der Waals surface area contributed by atoms with E-state index in [1.165, 1.54) is 6.92 Å². The van der Waals surface area contributed by atoms with E-state index in [4.69, 9.17) is 10.5 Å². The van der Waals surface area contributed by atoms with Crippen molar-refractivity contribution < 1.29 is 92.1 Å². The van der Waals surface area contributed by atoms with Crippen LogP contribution in [-0.4, -0.2) is 38.9 Å². The second-order valence-electron chi connectivity index (χ2n) is 4.94. The number of aryl methyl sites for hydroxylation is 1. The summed E-state index contributed by atoms with van der Waals surface area (Å²) in [5.41, 5.74) is 4.42. The molecule has 24 heavy (non-hydrogen) atoms. The third kappa shape index (κ3) is 5.08. The fourth-order valence-corrected chi connectivity index (χ4v) is 2.81. The predicted octanol–water partition coefficient (Wildman–Crippen LogP) is -8.05. The molecule has 0 amide bonds. The second-order valence-corrected chi connectivity index (χ2v) is 6.53. The first-order valence-electron chi connectivity index (χ1n) is 6.01. The molecule has 124 valence electrons. The molecule has 0 saturated carbocycles. The Balaban J connectivity index is 0.00000264. The van der Waals surface area contributed by atoms with Crippen molar-refractivity contribution in [2.24, 2.45) is 0 Å². The van der Waals surface area contributed by atoms with Crippen molar-refractivity contribution in [1.29, 1.82) is 0 Å². The predicted molar refractivity (Wildman–Crippen MR) is 65.0 cm³/mol. The van der Waals surface area contributed by atoms with E-state index >= 15 is 0 Å². The number of aliphatic hydroxyl groups is 1. The number of nitrogens with two attached hydrogens (primary N) is 1. The molecule has 2 heterocycles. The first-order chi connectivity index (χ1) is 9.93. The summed E-state index contributed by atoms with van der Waals surface area (Å²) in [6.45, 7) is 1.41. The van der Waals surface area contributed by atoms with Crippen molar-refractivity contribution in [2.75, 3.05) is 11.9 Å². The summed E-state index contributed by atoms with van der Waals surface area (Å²) in [5.74, 6) is -4.16. The normalized spacial score (nSPS) is 25.7. The molecule has 3 atom stereocenters. The average Bonchev–Trinajstić information content (AvgIpc) is 2.56. The quantitative estimate of drug-likeness (QED) is 0.384. The number of alkyl halides is 2. The molecule has 0 aliphatic carbocycles. The van der Waals surface area contributed by atoms with Gasteiger partial charge in [0.25, 0.3) is 0 Å². The summed E-state index contributed by atoms with van der Waals surface area (Å²) in [5, 5.41) is 9.49. The number of hydrogen-bond acceptors (Lipinski definition) is 8. The fourth-order valence-electron chi connectivity index (χ4n) is 2.09. The molecule has 1 aliphatic heterocycles. The van der Waals surface area contributed by atoms with Crippen LogP contribution < -0.4 is 80.3 Å². The number of aromatic nitrogens is 2. The van der Waals surface area contributed by atoms with E-state index in [2.05, 4.69) is 4.98 Å². The van der Waals surface area contributed by atoms with Crippen LogP contribution in [0.4, 0.5) is 14.6 Å². The molecule has 9 nitrogen and oxygen atoms in total. The molecule has 0 bridgehead atoms. The third-order valence-corrected chi connectivity index (χ3v) is 4.02. The van der Waals surface area contributed by atoms with E-state index < -0.39 is 43.8 Å². The minimum atomic E-state index is -5.20. The standard InChI is InChI=1S/C10H14F2N3O6P.2Na/c1-4-2-15(9(17)14-7(4)13)8-10(11,12)6(16)5(21-8)3-22(18,19)20;;/h2,5-6,8,16H,3H2,1H3,(H2,13,14,17)(H2,18,19,20);;/q;2*+1/p-2/t5-,6-,8-;;/m1../s1. The Labute approximate surface area is 179 Å². The van der Waals surface area contributed by atoms with Crippen molar-refractivity contribution in [3.63, 3.8) is 0 Å². The fraction of sp³-hybridized carbons (Fsp3) is 0.600. The Bertz CT molecular complexity index is 700. The molecular weight excluding hydrogens is 373 g/mol. The second kappa shape index (κ2) is 8.53. The Morgan fingerprint density at radius 2 is 2.04 bits per heavy atom. The van der Waals surface area contributed by atoms with Gasteiger partial charge in [-0.3, -0.25) is 4.57 Å². The van der Waals surface area contributed by atoms with Crippen molar-refractivity contribution in [3.05, 3.63) is 22.2 Å². The zero-order valence-electron chi connectivity index (χ0n) is 13.2. The van der Waals surface area contributed by atoms with Gasteiger partial charge >= 0.3 is 70.7 Å². The minimum Gasteiger partial charge on any atom is -0.811 e. The van der Waals surface area contributed by atoms with E-state index in [-0.39, 0.29) is 70.5 Å². The van der Waals surface area contributed by atoms with Gasteiger partial charge in [-0.05, 0) is 6.92 Å². The van der Waals surface area contributed by atoms with Gasteiger partial charge in [0.15, 0.2) is 0 Å². The molecule has 0 unspecified atom stereocenters. The Hall–Kier alpha value is 0.610. The zero-order valence-corrected chi connectivity index (χ0v) is 18.1. The maximum Gasteiger partial charge on any atom is 1.00 e. The first kappa shape index (κ1) is 24.6. The van der Waals surface area contributed by atoms with Gasteiger partial charge in [-0.15, -0.1) is 0 Å². The molecule has 1 aromatic rings. The summed E-state index contributed by atoms with van der Waals surface area (Å²) >= 11 is 0. The van der Waals surface area contributed by atoms with Gasteiger partial charge in [0, 0.05) is 17.9 Å². The molecule has 14 heteroatoms. The molecule has 0 spiro atoms. The summed E-state index contributed by atoms with van der Waals surface area (Å²) in [4.78, 5) is 36.4. The molecular formula is C10H12F2N3Na2O6P. The molecule has 3 N–H and O–H groups in total. The first-order valence-corrected chi connectivity index (χ1v) is 7.74. The van der Waals surface area contributed by atoms with Crippen LogP contribution in [0, 0.1) is 6.92 Å². The summed E-state index contributed by atoms with van der Waals surface area (Å²) in [6, 6.07) is 0. The summed E-state index contributed by atoms with van der Waals surface area (Å²) < 4.78 is 43.9. The topological polar surface area (TPSA) is 154 Å². The Morgan fingerprint density at radius 1 is 1.50 bits per heavy atom. The van der Waals surface area contributed by atoms with Crippen molar-refractivity contribution in [3.8, 4) is 0 Å². The van der Waals surface area contributed by atoms with E-state index in [1.807, 2.05) is 0 Å². The average molecular weight is 385 g/mol. The van der Waals surface area contributed by atoms with Gasteiger partial charge in [0.2, 0.25) is 6.23 Å². The van der Waals surface area contributed by atoms with Crippen LogP contribution in [0.25, 0.3) is 0 Å². The van der Waals surface area contributed by atoms with E-state index in [1.54, 1.807) is 0 Å². The van der Waals surface area contributed by atoms with Gasteiger partial charge in [0.1, 0.15) is 11.9 Å². The number of halogens is 2. The largest absolute Gasteiger partial charge is 1.00 e. The van der Waals surface area contributed by atoms with Gasteiger partial charge in [-0.1, -0.05) is 7.60 Å². The maximum absolute atomic E-state index is 14.0. The molecule has 2 rings (SSSR count). The van der Waals surface area contributed by atoms with Gasteiger partial charge in [0.05, 0.1) is 6.10 Å². The van der Waals surface area contributed by atoms with Gasteiger partial charge in [-0.2, -0.15) is 13.8 Å². The van der Waals surface area contributed by atoms with E-state index in [0.717, 1.165) is 6.20 Å². The van der Waals surface area contributed by atoms with Crippen LogP contribution in [0.3, 0.4) is 0 Å². The summed E-state index contributed by atoms with van der Waals surface area (Å²) in [7, 11) is -5.20. The number of rotatable bonds is 3. The van der Waals surface area contributed by atoms with Crippen LogP contribution in [0.5, 0.6) is 0 Å². The van der Waals surface area contributed by atoms with Crippen molar-refractivity contribution in [1.82, 2.24) is 9.55 Å². The van der Waals surface area contributed by atoms with Crippen LogP contribution in [0.15, 0.2) is 11.0 Å². The Morgan fingerprint density at radius 3 is 2.54 bits per heavy atom. The number of nitrogen functional groups attached to an aromatic ring is 1. The molecule has 1 saturated heterocycles. The molecule has 1 aromatic heterocycles. The molecule has 0 aromatic carbocycles. The minimum absolute atomic E-state index is 0. The molecule has 0 radical (unpaired) electrons. The third-order valence-electron chi connectivity index (χ3n) is 3.21. The Kier molecular flexibility index (Phi) is 8.75. The van der Waals surface area contributed by atoms with Crippen LogP contribution in [-0.2, 0) is 9.30 Å². The van der Waals surface area contributed by atoms with Gasteiger partial charge < -0.3 is 29.9 Å². The zero-order chi connectivity index (χ0) is 16.9. The SMILES string of the molecule is Cc1cn([C@@H]2O[C@H](CP(=O)([O-])[O-])[C@@H](O)C2(F)F)c(=O)nc1N.[Na+].[Na+]. The van der Waals surface area contributed by atoms with Crippen LogP contribution in [0.2, 0.25) is 0 Å². The summed E-state index contributed by atoms with van der Waals surface area (Å²) in [6.07, 6.45) is -7.18. The maximum atomic E-state index is 14.0. The smallest absolute Gasteiger partial charge is 0.811 e. The van der Waals surface area contributed by atoms with Gasteiger partial charge in [-0.25, -0.2) is 4.79 Å². The van der Waals surface area contributed by atoms with Crippen molar-refractivity contribution >= 4 is 13.4 Å². The molecule has 1 aliphatic rings. The van der Waals surface area contributed by atoms with Crippen LogP contribution >= 0.6 is 7.60 Å². The number of hydrogen-bond donors (Lipinski definition) is 2. The van der Waals surface area contributed by atoms with E-state index in [9.17, 15) is 33.0 Å².